The maximum absolute atomic E-state index is 12.5. The number of Topliss-reactive ketones (excluding diaryl/α,β-unsaturated/α-hetero) is 1. The van der Waals surface area contributed by atoms with E-state index in [2.05, 4.69) is 3.63 Å². The number of alkyl halides is 3. The Morgan fingerprint density at radius 2 is 1.90 bits per heavy atom. The SMILES string of the molecule is CCC(=O)CS1(OS(=O)(=O)C(F)(F)F)CCC(C)(C)C1. The average Bonchev–Trinajstić information content (AvgIpc) is 2.51. The maximum atomic E-state index is 12.5. The third-order valence-corrected chi connectivity index (χ3v) is 8.68. The summed E-state index contributed by atoms with van der Waals surface area (Å²) in [6, 6.07) is 0. The average molecular weight is 336 g/mol. The lowest BCUT2D eigenvalue weighted by atomic mass is 9.94. The Hall–Kier alpha value is -0.280. The topological polar surface area (TPSA) is 60.4 Å². The molecule has 0 amide bonds. The second kappa shape index (κ2) is 5.49. The maximum Gasteiger partial charge on any atom is 0.523 e. The van der Waals surface area contributed by atoms with Crippen LogP contribution in [0.25, 0.3) is 0 Å². The van der Waals surface area contributed by atoms with E-state index in [0.717, 1.165) is 0 Å². The van der Waals surface area contributed by atoms with Gasteiger partial charge in [0, 0.05) is 17.9 Å². The largest absolute Gasteiger partial charge is 0.523 e. The Labute approximate surface area is 118 Å². The number of carbonyl (C=O) groups is 1. The second-order valence-electron chi connectivity index (χ2n) is 5.73. The molecule has 1 fully saturated rings. The summed E-state index contributed by atoms with van der Waals surface area (Å²) in [4.78, 5) is 11.6. The van der Waals surface area contributed by atoms with Crippen molar-refractivity contribution < 1.29 is 30.0 Å². The standard InChI is InChI=1S/C11H19F3O4S2/c1-4-9(15)7-19(6-5-10(2,3)8-19)18-20(16,17)11(12,13)14/h4-8H2,1-3H3. The first-order chi connectivity index (χ1) is 8.83. The highest BCUT2D eigenvalue weighted by Crippen LogP contribution is 2.62. The van der Waals surface area contributed by atoms with E-state index in [-0.39, 0.29) is 34.9 Å². The van der Waals surface area contributed by atoms with E-state index < -0.39 is 25.9 Å². The van der Waals surface area contributed by atoms with Crippen LogP contribution in [-0.2, 0) is 18.5 Å². The minimum atomic E-state index is -5.66. The fourth-order valence-electron chi connectivity index (χ4n) is 2.15. The summed E-state index contributed by atoms with van der Waals surface area (Å²) in [6.45, 7) is 5.26. The summed E-state index contributed by atoms with van der Waals surface area (Å²) in [7, 11) is -8.24. The lowest BCUT2D eigenvalue weighted by Gasteiger charge is -2.35. The van der Waals surface area contributed by atoms with Gasteiger partial charge in [0.05, 0.1) is 5.75 Å². The molecule has 1 aliphatic rings. The highest BCUT2D eigenvalue weighted by molar-refractivity contribution is 8.33. The molecule has 20 heavy (non-hydrogen) atoms. The van der Waals surface area contributed by atoms with Crippen molar-refractivity contribution in [3.05, 3.63) is 0 Å². The van der Waals surface area contributed by atoms with Gasteiger partial charge < -0.3 is 0 Å². The molecule has 1 unspecified atom stereocenters. The van der Waals surface area contributed by atoms with E-state index in [1.807, 2.05) is 13.8 Å². The number of rotatable bonds is 5. The summed E-state index contributed by atoms with van der Waals surface area (Å²) in [6.07, 6.45) is 0.706. The number of hydrogen-bond donors (Lipinski definition) is 0. The zero-order valence-electron chi connectivity index (χ0n) is 11.6. The summed E-state index contributed by atoms with van der Waals surface area (Å²) in [5.41, 5.74) is -5.76. The number of halogens is 3. The van der Waals surface area contributed by atoms with Crippen LogP contribution in [0.1, 0.15) is 33.6 Å². The molecule has 0 bridgehead atoms. The first-order valence-corrected chi connectivity index (χ1v) is 9.60. The lowest BCUT2D eigenvalue weighted by Crippen LogP contribution is -2.30. The normalized spacial score (nSPS) is 29.9. The highest BCUT2D eigenvalue weighted by atomic mass is 32.3. The molecule has 4 nitrogen and oxygen atoms in total. The molecule has 0 saturated carbocycles. The van der Waals surface area contributed by atoms with Crippen molar-refractivity contribution in [1.82, 2.24) is 0 Å². The Morgan fingerprint density at radius 3 is 2.25 bits per heavy atom. The van der Waals surface area contributed by atoms with Crippen molar-refractivity contribution in [2.45, 2.75) is 39.1 Å². The van der Waals surface area contributed by atoms with Crippen molar-refractivity contribution in [2.24, 2.45) is 5.41 Å². The molecule has 9 heteroatoms. The lowest BCUT2D eigenvalue weighted by molar-refractivity contribution is -0.116. The van der Waals surface area contributed by atoms with Gasteiger partial charge in [-0.25, -0.2) is 3.63 Å². The molecular formula is C11H19F3O4S2. The molecule has 1 heterocycles. The Morgan fingerprint density at radius 1 is 1.35 bits per heavy atom. The van der Waals surface area contributed by atoms with Crippen molar-refractivity contribution in [3.63, 3.8) is 0 Å². The van der Waals surface area contributed by atoms with Gasteiger partial charge in [-0.15, -0.1) is 10.3 Å². The molecule has 0 aromatic heterocycles. The molecule has 1 aliphatic heterocycles. The molecule has 1 rings (SSSR count). The number of hydrogen-bond acceptors (Lipinski definition) is 4. The molecule has 0 aliphatic carbocycles. The van der Waals surface area contributed by atoms with E-state index in [0.29, 0.717) is 6.42 Å². The predicted molar refractivity (Wildman–Crippen MR) is 71.9 cm³/mol. The minimum absolute atomic E-state index is 0.157. The van der Waals surface area contributed by atoms with E-state index in [4.69, 9.17) is 0 Å². The fourth-order valence-corrected chi connectivity index (χ4v) is 8.31. The molecule has 0 radical (unpaired) electrons. The van der Waals surface area contributed by atoms with Crippen molar-refractivity contribution in [3.8, 4) is 0 Å². The van der Waals surface area contributed by atoms with Crippen LogP contribution >= 0.6 is 10.3 Å². The van der Waals surface area contributed by atoms with Gasteiger partial charge >= 0.3 is 15.6 Å². The zero-order valence-corrected chi connectivity index (χ0v) is 13.3. The van der Waals surface area contributed by atoms with E-state index >= 15 is 0 Å². The van der Waals surface area contributed by atoms with E-state index in [9.17, 15) is 26.4 Å². The summed E-state index contributed by atoms with van der Waals surface area (Å²) in [5, 5.41) is 0. The van der Waals surface area contributed by atoms with Crippen LogP contribution in [0.5, 0.6) is 0 Å². The molecule has 120 valence electrons. The third-order valence-electron chi connectivity index (χ3n) is 3.14. The van der Waals surface area contributed by atoms with E-state index in [1.54, 1.807) is 6.92 Å². The van der Waals surface area contributed by atoms with Gasteiger partial charge in [0.15, 0.2) is 0 Å². The van der Waals surface area contributed by atoms with Crippen molar-refractivity contribution in [2.75, 3.05) is 17.3 Å². The Balaban J connectivity index is 3.06. The smallest absolute Gasteiger partial charge is 0.299 e. The van der Waals surface area contributed by atoms with Crippen LogP contribution in [0.4, 0.5) is 13.2 Å². The number of carbonyl (C=O) groups excluding carboxylic acids is 1. The van der Waals surface area contributed by atoms with Crippen LogP contribution < -0.4 is 0 Å². The molecule has 1 atom stereocenters. The minimum Gasteiger partial charge on any atom is -0.299 e. The molecule has 0 aromatic rings. The summed E-state index contributed by atoms with van der Waals surface area (Å²) >= 11 is 0. The quantitative estimate of drug-likeness (QED) is 0.724. The van der Waals surface area contributed by atoms with Crippen molar-refractivity contribution >= 4 is 26.2 Å². The zero-order chi connectivity index (χ0) is 15.8. The number of ketones is 1. The molecule has 0 N–H and O–H groups in total. The highest BCUT2D eigenvalue weighted by Gasteiger charge is 2.53. The predicted octanol–water partition coefficient (Wildman–Crippen LogP) is 2.98. The van der Waals surface area contributed by atoms with Gasteiger partial charge in [-0.3, -0.25) is 4.79 Å². The van der Waals surface area contributed by atoms with Crippen molar-refractivity contribution in [1.29, 1.82) is 0 Å². The summed E-state index contributed by atoms with van der Waals surface area (Å²) in [5.74, 6) is -0.0836. The molecule has 1 saturated heterocycles. The van der Waals surface area contributed by atoms with Crippen LogP contribution in [0.3, 0.4) is 0 Å². The monoisotopic (exact) mass is 336 g/mol. The van der Waals surface area contributed by atoms with Crippen LogP contribution in [-0.4, -0.2) is 37.0 Å². The fraction of sp³-hybridized carbons (Fsp3) is 0.909. The second-order valence-corrected chi connectivity index (χ2v) is 10.6. The van der Waals surface area contributed by atoms with Gasteiger partial charge in [0.25, 0.3) is 0 Å². The van der Waals surface area contributed by atoms with Gasteiger partial charge in [-0.05, 0) is 11.8 Å². The molecular weight excluding hydrogens is 317 g/mol. The molecule has 0 spiro atoms. The third kappa shape index (κ3) is 4.11. The van der Waals surface area contributed by atoms with Gasteiger partial charge in [0.1, 0.15) is 5.78 Å². The van der Waals surface area contributed by atoms with Gasteiger partial charge in [-0.2, -0.15) is 21.6 Å². The van der Waals surface area contributed by atoms with Gasteiger partial charge in [0.2, 0.25) is 0 Å². The first-order valence-electron chi connectivity index (χ1n) is 6.13. The van der Waals surface area contributed by atoms with Gasteiger partial charge in [-0.1, -0.05) is 20.8 Å². The Kier molecular flexibility index (Phi) is 4.88. The van der Waals surface area contributed by atoms with Crippen LogP contribution in [0.15, 0.2) is 0 Å². The first kappa shape index (κ1) is 17.8. The van der Waals surface area contributed by atoms with Crippen LogP contribution in [0.2, 0.25) is 0 Å². The molecule has 0 aromatic carbocycles. The van der Waals surface area contributed by atoms with E-state index in [1.165, 1.54) is 0 Å². The Bertz CT molecular complexity index is 484. The van der Waals surface area contributed by atoms with Crippen LogP contribution in [0, 0.1) is 5.41 Å². The summed E-state index contributed by atoms with van der Waals surface area (Å²) < 4.78 is 64.5.